The minimum absolute atomic E-state index is 0.188. The van der Waals surface area contributed by atoms with E-state index in [0.717, 1.165) is 16.7 Å². The van der Waals surface area contributed by atoms with Gasteiger partial charge in [-0.05, 0) is 49.2 Å². The highest BCUT2D eigenvalue weighted by molar-refractivity contribution is 6.37. The number of benzene rings is 2. The SMILES string of the molecule is Cc1ccc(C)c(/C=C2\N=C(c3ccc(Cl)cc3Cl)OC2=O)c1. The summed E-state index contributed by atoms with van der Waals surface area (Å²) in [5.41, 5.74) is 3.89. The summed E-state index contributed by atoms with van der Waals surface area (Å²) in [6, 6.07) is 11.0. The first kappa shape index (κ1) is 15.8. The summed E-state index contributed by atoms with van der Waals surface area (Å²) in [5.74, 6) is -0.305. The summed E-state index contributed by atoms with van der Waals surface area (Å²) in [6.07, 6.45) is 1.72. The van der Waals surface area contributed by atoms with Crippen LogP contribution in [0.25, 0.3) is 6.08 Å². The lowest BCUT2D eigenvalue weighted by atomic mass is 10.0. The maximum atomic E-state index is 12.1. The first-order chi connectivity index (χ1) is 10.9. The molecule has 5 heteroatoms. The molecule has 1 aliphatic heterocycles. The van der Waals surface area contributed by atoms with Crippen LogP contribution in [0, 0.1) is 13.8 Å². The van der Waals surface area contributed by atoms with Gasteiger partial charge < -0.3 is 4.74 Å². The van der Waals surface area contributed by atoms with Crippen LogP contribution in [0.15, 0.2) is 47.1 Å². The van der Waals surface area contributed by atoms with Crippen molar-refractivity contribution in [2.24, 2.45) is 4.99 Å². The van der Waals surface area contributed by atoms with Gasteiger partial charge in [-0.3, -0.25) is 0 Å². The highest BCUT2D eigenvalue weighted by Gasteiger charge is 2.25. The Morgan fingerprint density at radius 3 is 2.61 bits per heavy atom. The van der Waals surface area contributed by atoms with E-state index in [1.165, 1.54) is 0 Å². The van der Waals surface area contributed by atoms with Crippen molar-refractivity contribution in [2.75, 3.05) is 0 Å². The molecule has 1 heterocycles. The van der Waals surface area contributed by atoms with E-state index in [9.17, 15) is 4.79 Å². The van der Waals surface area contributed by atoms with Crippen molar-refractivity contribution in [3.8, 4) is 0 Å². The molecular formula is C18H13Cl2NO2. The molecule has 3 rings (SSSR count). The molecule has 0 bridgehead atoms. The molecule has 0 unspecified atom stereocenters. The monoisotopic (exact) mass is 345 g/mol. The molecular weight excluding hydrogens is 333 g/mol. The minimum Gasteiger partial charge on any atom is -0.402 e. The number of carbonyl (C=O) groups is 1. The third-order valence-electron chi connectivity index (χ3n) is 3.51. The average molecular weight is 346 g/mol. The summed E-state index contributed by atoms with van der Waals surface area (Å²) in [5, 5.41) is 0.895. The lowest BCUT2D eigenvalue weighted by Crippen LogP contribution is -2.05. The van der Waals surface area contributed by atoms with Gasteiger partial charge >= 0.3 is 5.97 Å². The van der Waals surface area contributed by atoms with E-state index in [-0.39, 0.29) is 11.6 Å². The molecule has 0 aliphatic carbocycles. The number of halogens is 2. The van der Waals surface area contributed by atoms with Gasteiger partial charge in [0, 0.05) is 5.02 Å². The maximum absolute atomic E-state index is 12.1. The summed E-state index contributed by atoms with van der Waals surface area (Å²) < 4.78 is 5.24. The number of carbonyl (C=O) groups excluding carboxylic acids is 1. The molecule has 2 aromatic rings. The second-order valence-electron chi connectivity index (χ2n) is 5.32. The summed E-state index contributed by atoms with van der Waals surface area (Å²) in [4.78, 5) is 16.3. The van der Waals surface area contributed by atoms with Crippen LogP contribution in [0.4, 0.5) is 0 Å². The second-order valence-corrected chi connectivity index (χ2v) is 6.16. The van der Waals surface area contributed by atoms with Crippen molar-refractivity contribution in [3.05, 3.63) is 74.4 Å². The fraction of sp³-hybridized carbons (Fsp3) is 0.111. The van der Waals surface area contributed by atoms with Crippen molar-refractivity contribution in [2.45, 2.75) is 13.8 Å². The lowest BCUT2D eigenvalue weighted by molar-refractivity contribution is -0.129. The fourth-order valence-electron chi connectivity index (χ4n) is 2.25. The number of rotatable bonds is 2. The van der Waals surface area contributed by atoms with Gasteiger partial charge in [0.05, 0.1) is 10.6 Å². The summed E-state index contributed by atoms with van der Waals surface area (Å²) in [6.45, 7) is 3.98. The molecule has 0 saturated carbocycles. The molecule has 0 aromatic heterocycles. The molecule has 23 heavy (non-hydrogen) atoms. The number of nitrogens with zero attached hydrogens (tertiary/aromatic N) is 1. The average Bonchev–Trinajstić information content (AvgIpc) is 2.84. The van der Waals surface area contributed by atoms with Crippen LogP contribution in [0.3, 0.4) is 0 Å². The number of hydrogen-bond donors (Lipinski definition) is 0. The molecule has 0 saturated heterocycles. The Balaban J connectivity index is 2.01. The number of aryl methyl sites for hydroxylation is 2. The maximum Gasteiger partial charge on any atom is 0.363 e. The largest absolute Gasteiger partial charge is 0.402 e. The molecule has 0 spiro atoms. The molecule has 2 aromatic carbocycles. The molecule has 0 amide bonds. The number of ether oxygens (including phenoxy) is 1. The van der Waals surface area contributed by atoms with Crippen molar-refractivity contribution >= 4 is 41.1 Å². The normalized spacial score (nSPS) is 15.7. The van der Waals surface area contributed by atoms with E-state index in [0.29, 0.717) is 15.6 Å². The smallest absolute Gasteiger partial charge is 0.363 e. The van der Waals surface area contributed by atoms with Crippen molar-refractivity contribution < 1.29 is 9.53 Å². The van der Waals surface area contributed by atoms with Crippen LogP contribution < -0.4 is 0 Å². The number of cyclic esters (lactones) is 1. The molecule has 116 valence electrons. The van der Waals surface area contributed by atoms with Crippen LogP contribution in [0.5, 0.6) is 0 Å². The first-order valence-corrected chi connectivity index (χ1v) is 7.75. The second kappa shape index (κ2) is 6.19. The zero-order chi connectivity index (χ0) is 16.6. The van der Waals surface area contributed by atoms with Gasteiger partial charge in [0.2, 0.25) is 5.90 Å². The van der Waals surface area contributed by atoms with E-state index in [1.807, 2.05) is 32.0 Å². The number of esters is 1. The van der Waals surface area contributed by atoms with E-state index in [1.54, 1.807) is 24.3 Å². The number of aliphatic imine (C=N–C) groups is 1. The zero-order valence-electron chi connectivity index (χ0n) is 12.6. The molecule has 0 N–H and O–H groups in total. The first-order valence-electron chi connectivity index (χ1n) is 6.99. The quantitative estimate of drug-likeness (QED) is 0.570. The van der Waals surface area contributed by atoms with Gasteiger partial charge in [-0.2, -0.15) is 0 Å². The summed E-state index contributed by atoms with van der Waals surface area (Å²) >= 11 is 12.0. The third-order valence-corrected chi connectivity index (χ3v) is 4.06. The van der Waals surface area contributed by atoms with Crippen LogP contribution in [-0.4, -0.2) is 11.9 Å². The zero-order valence-corrected chi connectivity index (χ0v) is 14.1. The van der Waals surface area contributed by atoms with Gasteiger partial charge in [0.1, 0.15) is 0 Å². The van der Waals surface area contributed by atoms with E-state index in [4.69, 9.17) is 27.9 Å². The van der Waals surface area contributed by atoms with Gasteiger partial charge in [-0.1, -0.05) is 47.0 Å². The summed E-state index contributed by atoms with van der Waals surface area (Å²) in [7, 11) is 0. The Bertz CT molecular complexity index is 869. The van der Waals surface area contributed by atoms with Crippen LogP contribution in [0.1, 0.15) is 22.3 Å². The van der Waals surface area contributed by atoms with Crippen LogP contribution in [-0.2, 0) is 9.53 Å². The Morgan fingerprint density at radius 1 is 1.09 bits per heavy atom. The third kappa shape index (κ3) is 3.31. The Labute approximate surface area is 144 Å². The van der Waals surface area contributed by atoms with Crippen LogP contribution in [0.2, 0.25) is 10.0 Å². The van der Waals surface area contributed by atoms with Gasteiger partial charge in [-0.25, -0.2) is 9.79 Å². The Kier molecular flexibility index (Phi) is 4.24. The van der Waals surface area contributed by atoms with Crippen molar-refractivity contribution in [1.29, 1.82) is 0 Å². The van der Waals surface area contributed by atoms with Crippen LogP contribution >= 0.6 is 23.2 Å². The van der Waals surface area contributed by atoms with E-state index >= 15 is 0 Å². The minimum atomic E-state index is -0.494. The molecule has 0 radical (unpaired) electrons. The highest BCUT2D eigenvalue weighted by Crippen LogP contribution is 2.26. The van der Waals surface area contributed by atoms with Gasteiger partial charge in [-0.15, -0.1) is 0 Å². The topological polar surface area (TPSA) is 38.7 Å². The predicted octanol–water partition coefficient (Wildman–Crippen LogP) is 4.95. The van der Waals surface area contributed by atoms with E-state index in [2.05, 4.69) is 4.99 Å². The molecule has 0 atom stereocenters. The fourth-order valence-corrected chi connectivity index (χ4v) is 2.74. The molecule has 0 fully saturated rings. The van der Waals surface area contributed by atoms with Gasteiger partial charge in [0.15, 0.2) is 5.70 Å². The van der Waals surface area contributed by atoms with E-state index < -0.39 is 5.97 Å². The van der Waals surface area contributed by atoms with Gasteiger partial charge in [0.25, 0.3) is 0 Å². The lowest BCUT2D eigenvalue weighted by Gasteiger charge is -2.02. The van der Waals surface area contributed by atoms with Crippen molar-refractivity contribution in [3.63, 3.8) is 0 Å². The predicted molar refractivity (Wildman–Crippen MR) is 93.0 cm³/mol. The molecule has 3 nitrogen and oxygen atoms in total. The number of hydrogen-bond acceptors (Lipinski definition) is 3. The molecule has 1 aliphatic rings. The Hall–Kier alpha value is -2.10. The highest BCUT2D eigenvalue weighted by atomic mass is 35.5. The standard InChI is InChI=1S/C18H13Cl2NO2/c1-10-3-4-11(2)12(7-10)8-16-18(22)23-17(21-16)14-6-5-13(19)9-15(14)20/h3-9H,1-2H3/b16-8-. The van der Waals surface area contributed by atoms with Crippen molar-refractivity contribution in [1.82, 2.24) is 0 Å². The Morgan fingerprint density at radius 2 is 1.87 bits per heavy atom.